The minimum Gasteiger partial charge on any atom is -0.320 e. The molecular weight excluding hydrogens is 380 g/mol. The Labute approximate surface area is 162 Å². The Balaban J connectivity index is 1.62. The largest absolute Gasteiger partial charge is 0.320 e. The summed E-state index contributed by atoms with van der Waals surface area (Å²) in [6, 6.07) is 6.97. The lowest BCUT2D eigenvalue weighted by molar-refractivity contribution is 0.102. The van der Waals surface area contributed by atoms with E-state index in [1.54, 1.807) is 41.1 Å². The molecule has 1 amide bonds. The number of aryl methyl sites for hydroxylation is 1. The molecular formula is C18H20N6O3S. The van der Waals surface area contributed by atoms with Crippen LogP contribution in [0.25, 0.3) is 5.65 Å². The maximum absolute atomic E-state index is 12.7. The van der Waals surface area contributed by atoms with E-state index in [1.165, 1.54) is 10.6 Å². The molecule has 4 heterocycles. The Hall–Kier alpha value is -2.85. The fourth-order valence-corrected chi connectivity index (χ4v) is 4.26. The molecule has 0 spiro atoms. The number of nitrogens with zero attached hydrogens (tertiary/aromatic N) is 5. The molecule has 1 atom stereocenters. The van der Waals surface area contributed by atoms with Crippen LogP contribution in [0.15, 0.2) is 36.7 Å². The van der Waals surface area contributed by atoms with Crippen molar-refractivity contribution >= 4 is 27.3 Å². The van der Waals surface area contributed by atoms with Crippen molar-refractivity contribution in [3.8, 4) is 0 Å². The highest BCUT2D eigenvalue weighted by Crippen LogP contribution is 2.28. The average Bonchev–Trinajstić information content (AvgIpc) is 3.29. The number of amides is 1. The summed E-state index contributed by atoms with van der Waals surface area (Å²) in [6.45, 7) is 2.65. The topological polar surface area (TPSA) is 110 Å². The first-order chi connectivity index (χ1) is 13.3. The molecule has 0 radical (unpaired) electrons. The summed E-state index contributed by atoms with van der Waals surface area (Å²) in [5.74, 6) is 0.332. The molecule has 9 nitrogen and oxygen atoms in total. The zero-order chi connectivity index (χ0) is 19.9. The summed E-state index contributed by atoms with van der Waals surface area (Å²) in [6.07, 6.45) is 5.23. The molecule has 3 aromatic heterocycles. The van der Waals surface area contributed by atoms with Gasteiger partial charge in [-0.05, 0) is 37.6 Å². The lowest BCUT2D eigenvalue weighted by Crippen LogP contribution is -2.27. The van der Waals surface area contributed by atoms with E-state index in [0.717, 1.165) is 5.69 Å². The Morgan fingerprint density at radius 3 is 2.79 bits per heavy atom. The van der Waals surface area contributed by atoms with Crippen LogP contribution < -0.4 is 5.32 Å². The maximum Gasteiger partial charge on any atom is 0.257 e. The number of rotatable bonds is 4. The highest BCUT2D eigenvalue weighted by atomic mass is 32.2. The Morgan fingerprint density at radius 1 is 1.25 bits per heavy atom. The Bertz CT molecular complexity index is 1160. The second-order valence-electron chi connectivity index (χ2n) is 6.90. The van der Waals surface area contributed by atoms with E-state index in [9.17, 15) is 13.2 Å². The Kier molecular flexibility index (Phi) is 4.60. The lowest BCUT2D eigenvalue weighted by atomic mass is 10.1. The van der Waals surface area contributed by atoms with Crippen LogP contribution in [0.2, 0.25) is 0 Å². The summed E-state index contributed by atoms with van der Waals surface area (Å²) in [5, 5.41) is 11.3. The van der Waals surface area contributed by atoms with Gasteiger partial charge in [-0.2, -0.15) is 0 Å². The van der Waals surface area contributed by atoms with Gasteiger partial charge in [-0.25, -0.2) is 12.7 Å². The SMILES string of the molecule is Cc1ncccc1NC(=O)c1ccc2nnc(C3CCN(S(C)(=O)=O)C3)n2c1. The normalized spacial score (nSPS) is 17.9. The predicted molar refractivity (Wildman–Crippen MR) is 104 cm³/mol. The molecule has 0 saturated carbocycles. The van der Waals surface area contributed by atoms with Crippen LogP contribution in [0.4, 0.5) is 5.69 Å². The molecule has 28 heavy (non-hydrogen) atoms. The van der Waals surface area contributed by atoms with Crippen molar-refractivity contribution in [3.05, 3.63) is 53.7 Å². The molecule has 146 valence electrons. The summed E-state index contributed by atoms with van der Waals surface area (Å²) in [5.41, 5.74) is 2.45. The highest BCUT2D eigenvalue weighted by Gasteiger charge is 2.32. The molecule has 0 aromatic carbocycles. The van der Waals surface area contributed by atoms with Crippen molar-refractivity contribution in [2.24, 2.45) is 0 Å². The summed E-state index contributed by atoms with van der Waals surface area (Å²) in [4.78, 5) is 16.8. The number of anilines is 1. The molecule has 1 saturated heterocycles. The standard InChI is InChI=1S/C18H20N6O3S/c1-12-15(4-3-8-19-12)20-18(25)14-5-6-16-21-22-17(24(16)11-14)13-7-9-23(10-13)28(2,26)27/h3-6,8,11,13H,7,9-10H2,1-2H3,(H,20,25). The molecule has 3 aromatic rings. The third-order valence-corrected chi connectivity index (χ3v) is 6.20. The van der Waals surface area contributed by atoms with E-state index in [4.69, 9.17) is 0 Å². The smallest absolute Gasteiger partial charge is 0.257 e. The second-order valence-corrected chi connectivity index (χ2v) is 8.88. The van der Waals surface area contributed by atoms with Crippen LogP contribution >= 0.6 is 0 Å². The minimum atomic E-state index is -3.23. The van der Waals surface area contributed by atoms with Gasteiger partial charge < -0.3 is 5.32 Å². The summed E-state index contributed by atoms with van der Waals surface area (Å²) >= 11 is 0. The number of hydrogen-bond acceptors (Lipinski definition) is 6. The number of hydrogen-bond donors (Lipinski definition) is 1. The Morgan fingerprint density at radius 2 is 2.07 bits per heavy atom. The van der Waals surface area contributed by atoms with Crippen molar-refractivity contribution in [2.45, 2.75) is 19.3 Å². The summed E-state index contributed by atoms with van der Waals surface area (Å²) < 4.78 is 26.8. The van der Waals surface area contributed by atoms with Gasteiger partial charge in [0, 0.05) is 31.4 Å². The third-order valence-electron chi connectivity index (χ3n) is 4.93. The summed E-state index contributed by atoms with van der Waals surface area (Å²) in [7, 11) is -3.23. The van der Waals surface area contributed by atoms with Crippen LogP contribution in [0.3, 0.4) is 0 Å². The molecule has 0 aliphatic carbocycles. The van der Waals surface area contributed by atoms with Crippen LogP contribution in [0.5, 0.6) is 0 Å². The van der Waals surface area contributed by atoms with Crippen molar-refractivity contribution in [1.82, 2.24) is 23.9 Å². The molecule has 1 N–H and O–H groups in total. The van der Waals surface area contributed by atoms with Gasteiger partial charge in [0.05, 0.1) is 23.2 Å². The highest BCUT2D eigenvalue weighted by molar-refractivity contribution is 7.88. The number of aromatic nitrogens is 4. The monoisotopic (exact) mass is 400 g/mol. The van der Waals surface area contributed by atoms with Gasteiger partial charge in [0.2, 0.25) is 10.0 Å². The van der Waals surface area contributed by atoms with Crippen LogP contribution in [-0.4, -0.2) is 57.6 Å². The average molecular weight is 400 g/mol. The fourth-order valence-electron chi connectivity index (χ4n) is 3.37. The number of carbonyl (C=O) groups excluding carboxylic acids is 1. The van der Waals surface area contributed by atoms with Crippen molar-refractivity contribution in [2.75, 3.05) is 24.7 Å². The van der Waals surface area contributed by atoms with E-state index >= 15 is 0 Å². The van der Waals surface area contributed by atoms with E-state index in [1.807, 2.05) is 6.92 Å². The van der Waals surface area contributed by atoms with E-state index in [-0.39, 0.29) is 11.8 Å². The quantitative estimate of drug-likeness (QED) is 0.710. The minimum absolute atomic E-state index is 0.0661. The molecule has 0 bridgehead atoms. The first-order valence-electron chi connectivity index (χ1n) is 8.86. The third kappa shape index (κ3) is 3.48. The predicted octanol–water partition coefficient (Wildman–Crippen LogP) is 1.43. The van der Waals surface area contributed by atoms with Crippen LogP contribution in [0, 0.1) is 6.92 Å². The van der Waals surface area contributed by atoms with Gasteiger partial charge in [0.1, 0.15) is 5.82 Å². The van der Waals surface area contributed by atoms with Gasteiger partial charge in [0.15, 0.2) is 5.65 Å². The number of pyridine rings is 2. The van der Waals surface area contributed by atoms with Crippen molar-refractivity contribution in [3.63, 3.8) is 0 Å². The molecule has 1 unspecified atom stereocenters. The zero-order valence-electron chi connectivity index (χ0n) is 15.5. The zero-order valence-corrected chi connectivity index (χ0v) is 16.3. The van der Waals surface area contributed by atoms with Gasteiger partial charge in [-0.15, -0.1) is 10.2 Å². The van der Waals surface area contributed by atoms with E-state index in [0.29, 0.717) is 42.2 Å². The first-order valence-corrected chi connectivity index (χ1v) is 10.7. The van der Waals surface area contributed by atoms with Crippen molar-refractivity contribution in [1.29, 1.82) is 0 Å². The molecule has 1 aliphatic heterocycles. The van der Waals surface area contributed by atoms with Gasteiger partial charge in [-0.3, -0.25) is 14.2 Å². The van der Waals surface area contributed by atoms with Crippen LogP contribution in [-0.2, 0) is 10.0 Å². The lowest BCUT2D eigenvalue weighted by Gasteiger charge is -2.12. The second kappa shape index (κ2) is 6.95. The molecule has 1 aliphatic rings. The van der Waals surface area contributed by atoms with Gasteiger partial charge in [-0.1, -0.05) is 0 Å². The number of nitrogens with one attached hydrogen (secondary N) is 1. The van der Waals surface area contributed by atoms with E-state index < -0.39 is 10.0 Å². The molecule has 10 heteroatoms. The van der Waals surface area contributed by atoms with E-state index in [2.05, 4.69) is 20.5 Å². The number of sulfonamides is 1. The molecule has 1 fully saturated rings. The van der Waals surface area contributed by atoms with Gasteiger partial charge >= 0.3 is 0 Å². The molecule has 4 rings (SSSR count). The maximum atomic E-state index is 12.7. The first kappa shape index (κ1) is 18.5. The number of carbonyl (C=O) groups is 1. The fraction of sp³-hybridized carbons (Fsp3) is 0.333. The number of fused-ring (bicyclic) bond motifs is 1. The van der Waals surface area contributed by atoms with Gasteiger partial charge in [0.25, 0.3) is 5.91 Å². The van der Waals surface area contributed by atoms with Crippen molar-refractivity contribution < 1.29 is 13.2 Å². The van der Waals surface area contributed by atoms with Crippen LogP contribution in [0.1, 0.15) is 34.2 Å².